The van der Waals surface area contributed by atoms with E-state index in [1.807, 2.05) is 6.92 Å². The Labute approximate surface area is 427 Å². The van der Waals surface area contributed by atoms with Crippen molar-refractivity contribution in [3.8, 4) is 11.5 Å². The number of nitrogens with one attached hydrogen (secondary N) is 1. The minimum absolute atomic E-state index is 0.0192. The van der Waals surface area contributed by atoms with Gasteiger partial charge in [0.15, 0.2) is 17.3 Å². The third-order valence-electron chi connectivity index (χ3n) is 9.88. The van der Waals surface area contributed by atoms with Crippen LogP contribution in [0.15, 0.2) is 60.7 Å². The lowest BCUT2D eigenvalue weighted by atomic mass is 9.97. The minimum atomic E-state index is -4.96. The number of phosphoric ester groups is 1. The smallest absolute Gasteiger partial charge is 0.462 e. The van der Waals surface area contributed by atoms with Gasteiger partial charge < -0.3 is 42.8 Å². The van der Waals surface area contributed by atoms with Crippen LogP contribution in [-0.4, -0.2) is 86.6 Å². The fourth-order valence-electron chi connectivity index (χ4n) is 6.37. The number of hydrogen-bond acceptors (Lipinski definition) is 14. The van der Waals surface area contributed by atoms with E-state index in [-0.39, 0.29) is 17.9 Å². The Kier molecular flexibility index (Phi) is 25.7. The molecule has 1 aliphatic rings. The number of alkyl carbamates (subject to hydrolysis) is 1. The van der Waals surface area contributed by atoms with Crippen molar-refractivity contribution in [1.29, 1.82) is 0 Å². The van der Waals surface area contributed by atoms with E-state index in [9.17, 15) is 23.7 Å². The lowest BCUT2D eigenvalue weighted by Crippen LogP contribution is -2.65. The predicted octanol–water partition coefficient (Wildman–Crippen LogP) is 13.3. The molecule has 0 aliphatic carbocycles. The maximum absolute atomic E-state index is 15.0. The Morgan fingerprint density at radius 1 is 0.746 bits per heavy atom. The molecule has 0 saturated carbocycles. The lowest BCUT2D eigenvalue weighted by Gasteiger charge is -2.44. The molecule has 1 amide bonds. The fourth-order valence-corrected chi connectivity index (χ4v) is 8.42. The summed E-state index contributed by atoms with van der Waals surface area (Å²) in [5.74, 6) is -1.45. The van der Waals surface area contributed by atoms with E-state index in [4.69, 9.17) is 123 Å². The van der Waals surface area contributed by atoms with E-state index in [1.165, 1.54) is 51.0 Å². The number of unbranched alkanes of at least 4 members (excludes halogenated alkanes) is 8. The van der Waals surface area contributed by atoms with Gasteiger partial charge in [0.25, 0.3) is 0 Å². The number of rotatable bonds is 27. The van der Waals surface area contributed by atoms with E-state index in [2.05, 4.69) is 12.2 Å². The normalized spacial score (nSPS) is 19.4. The predicted molar refractivity (Wildman–Crippen MR) is 258 cm³/mol. The van der Waals surface area contributed by atoms with Crippen molar-refractivity contribution >= 4 is 113 Å². The number of ether oxygens (including phenoxy) is 6. The highest BCUT2D eigenvalue weighted by Crippen LogP contribution is 2.52. The molecule has 378 valence electrons. The van der Waals surface area contributed by atoms with Crippen LogP contribution in [-0.2, 0) is 47.1 Å². The molecule has 0 unspecified atom stereocenters. The number of carbonyl (C=O) groups excluding carboxylic acids is 4. The minimum Gasteiger partial charge on any atom is -0.462 e. The van der Waals surface area contributed by atoms with Gasteiger partial charge in [-0.15, -0.1) is 0 Å². The summed E-state index contributed by atoms with van der Waals surface area (Å²) in [5.41, 5.74) is -3.37. The van der Waals surface area contributed by atoms with Crippen molar-refractivity contribution in [2.75, 3.05) is 13.2 Å². The number of esters is 2. The molecule has 15 nitrogen and oxygen atoms in total. The number of alkyl halides is 7. The van der Waals surface area contributed by atoms with Gasteiger partial charge in [-0.25, -0.2) is 14.2 Å². The number of para-hydroxylation sites is 2. The highest BCUT2D eigenvalue weighted by Gasteiger charge is 2.54. The Morgan fingerprint density at radius 3 is 1.82 bits per heavy atom. The van der Waals surface area contributed by atoms with Crippen LogP contribution in [0.3, 0.4) is 0 Å². The number of amides is 1. The lowest BCUT2D eigenvalue weighted by molar-refractivity contribution is -0.196. The Balaban J connectivity index is 2.07. The number of carbonyl (C=O) groups is 4. The van der Waals surface area contributed by atoms with Crippen molar-refractivity contribution in [2.45, 2.75) is 160 Å². The molecule has 0 aromatic heterocycles. The summed E-state index contributed by atoms with van der Waals surface area (Å²) in [6, 6.07) is 14.0. The number of benzene rings is 2. The second kappa shape index (κ2) is 29.1. The highest BCUT2D eigenvalue weighted by molar-refractivity contribution is 7.49. The van der Waals surface area contributed by atoms with Gasteiger partial charge >= 0.3 is 32.0 Å². The van der Waals surface area contributed by atoms with E-state index in [0.717, 1.165) is 38.5 Å². The first-order valence-electron chi connectivity index (χ1n) is 21.9. The topological polar surface area (TPSA) is 180 Å². The first kappa shape index (κ1) is 59.0. The van der Waals surface area contributed by atoms with Crippen molar-refractivity contribution in [1.82, 2.24) is 5.32 Å². The molecule has 1 saturated heterocycles. The molecule has 1 aliphatic heterocycles. The maximum atomic E-state index is 15.0. The molecule has 23 heteroatoms. The van der Waals surface area contributed by atoms with E-state index < -0.39 is 101 Å². The molecule has 0 radical (unpaired) electrons. The second-order valence-corrected chi connectivity index (χ2v) is 22.7. The molecule has 1 fully saturated rings. The summed E-state index contributed by atoms with van der Waals surface area (Å²) >= 11 is 42.3. The third-order valence-corrected chi connectivity index (χ3v) is 13.3. The largest absolute Gasteiger partial charge is 0.588 e. The molecular weight excluding hydrogens is 1050 g/mol. The number of phosphoric acid groups is 1. The zero-order valence-electron chi connectivity index (χ0n) is 37.7. The van der Waals surface area contributed by atoms with E-state index in [1.54, 1.807) is 36.4 Å². The van der Waals surface area contributed by atoms with Gasteiger partial charge in [-0.2, -0.15) is 0 Å². The average Bonchev–Trinajstić information content (AvgIpc) is 3.23. The van der Waals surface area contributed by atoms with Crippen LogP contribution in [0, 0.1) is 0 Å². The molecule has 3 rings (SSSR count). The van der Waals surface area contributed by atoms with E-state index >= 15 is 0 Å². The SMILES string of the molecule is CCCCCCCCCCC[C@H](CC(=O)O[C@@H]1[C@@H](NC(=O)OCC(Cl)(Cl)Cl)[C@@H](Cl)O[C@H](COC(=O)OC(C)(C)C(Cl)(Cl)Cl)[C@H]1OP(=O)(Oc1ccccc1)Oc1ccccc1)OC(=O)CCC. The van der Waals surface area contributed by atoms with Crippen LogP contribution >= 0.6 is 89.0 Å². The van der Waals surface area contributed by atoms with Gasteiger partial charge in [-0.1, -0.05) is 183 Å². The Bertz CT molecular complexity index is 1810. The maximum Gasteiger partial charge on any atom is 0.588 e. The first-order valence-corrected chi connectivity index (χ1v) is 26.1. The van der Waals surface area contributed by atoms with Gasteiger partial charge in [0, 0.05) is 6.42 Å². The summed E-state index contributed by atoms with van der Waals surface area (Å²) in [6.07, 6.45) is 0.995. The van der Waals surface area contributed by atoms with Crippen molar-refractivity contribution in [3.05, 3.63) is 60.7 Å². The summed E-state index contributed by atoms with van der Waals surface area (Å²) in [7, 11) is -4.96. The van der Waals surface area contributed by atoms with Crippen LogP contribution in [0.1, 0.15) is 111 Å². The molecule has 1 N–H and O–H groups in total. The molecule has 0 spiro atoms. The average molecular weight is 1110 g/mol. The van der Waals surface area contributed by atoms with Gasteiger partial charge in [-0.3, -0.25) is 14.1 Å². The van der Waals surface area contributed by atoms with Gasteiger partial charge in [0.2, 0.25) is 7.59 Å². The Morgan fingerprint density at radius 2 is 1.30 bits per heavy atom. The van der Waals surface area contributed by atoms with Crippen LogP contribution in [0.4, 0.5) is 9.59 Å². The van der Waals surface area contributed by atoms with Gasteiger partial charge in [0.1, 0.15) is 49.1 Å². The fraction of sp³-hybridized carbons (Fsp3) is 0.636. The van der Waals surface area contributed by atoms with Gasteiger partial charge in [-0.05, 0) is 57.4 Å². The van der Waals surface area contributed by atoms with Crippen LogP contribution in [0.2, 0.25) is 0 Å². The Hall–Kier alpha value is -2.30. The second-order valence-electron chi connectivity index (χ2n) is 16.0. The zero-order valence-corrected chi connectivity index (χ0v) is 43.8. The molecule has 6 atom stereocenters. The molecular formula is C44H59Cl7NO14P. The van der Waals surface area contributed by atoms with Gasteiger partial charge in [0.05, 0.1) is 6.42 Å². The summed E-state index contributed by atoms with van der Waals surface area (Å²) < 4.78 is 62.5. The molecule has 2 aromatic carbocycles. The number of hydrogen-bond donors (Lipinski definition) is 1. The highest BCUT2D eigenvalue weighted by atomic mass is 35.6. The van der Waals surface area contributed by atoms with E-state index in [0.29, 0.717) is 19.3 Å². The van der Waals surface area contributed by atoms with Crippen molar-refractivity contribution in [2.24, 2.45) is 0 Å². The number of halogens is 7. The molecule has 1 heterocycles. The third kappa shape index (κ3) is 22.6. The zero-order chi connectivity index (χ0) is 49.7. The van der Waals surface area contributed by atoms with Crippen LogP contribution < -0.4 is 14.4 Å². The summed E-state index contributed by atoms with van der Waals surface area (Å²) in [6.45, 7) is 5.06. The summed E-state index contributed by atoms with van der Waals surface area (Å²) in [4.78, 5) is 53.4. The monoisotopic (exact) mass is 1100 g/mol. The quantitative estimate of drug-likeness (QED) is 0.0293. The first-order chi connectivity index (χ1) is 31.5. The molecule has 2 aromatic rings. The standard InChI is InChI=1S/C44H59Cl7NO14P/c1-5-7-8-9-10-11-12-13-16-26-32(60-34(53)21-6-2)27-35(54)62-38-36(52-40(55)59-29-43(46,47)48)39(45)61-33(28-58-41(56)63-42(3,4)44(49,50)51)37(38)66-67(57,64-30-22-17-14-18-23-30)65-31-24-19-15-20-25-31/h14-15,17-20,22-25,32-33,36-39H,5-13,16,21,26-29H2,1-4H3,(H,52,55)/t32-,33-,36-,37-,38-,39+/m1/s1. The van der Waals surface area contributed by atoms with Crippen molar-refractivity contribution < 1.29 is 65.7 Å². The molecule has 0 bridgehead atoms. The van der Waals surface area contributed by atoms with Crippen molar-refractivity contribution in [3.63, 3.8) is 0 Å². The van der Waals surface area contributed by atoms with Crippen LogP contribution in [0.5, 0.6) is 11.5 Å². The molecule has 67 heavy (non-hydrogen) atoms. The summed E-state index contributed by atoms with van der Waals surface area (Å²) in [5, 5.41) is 2.43. The van der Waals surface area contributed by atoms with Crippen LogP contribution in [0.25, 0.3) is 0 Å².